The summed E-state index contributed by atoms with van der Waals surface area (Å²) < 4.78 is 4.73. The molecule has 3 heterocycles. The standard InChI is InChI=1S/C18H21N3O3/c1-24-18(23)14-9-13(14)17(22)21-7-4-11(5-8-21)15-10-20-16-12(15)3-2-6-19-16/h2-3,6,10-11,13-14H,4-5,7-9H2,1H3,(H,19,20). The van der Waals surface area contributed by atoms with Crippen LogP contribution in [0.3, 0.4) is 0 Å². The number of amides is 1. The zero-order chi connectivity index (χ0) is 16.7. The number of hydrogen-bond donors (Lipinski definition) is 1. The zero-order valence-electron chi connectivity index (χ0n) is 13.7. The molecule has 1 N–H and O–H groups in total. The second kappa shape index (κ2) is 5.92. The zero-order valence-corrected chi connectivity index (χ0v) is 13.7. The Labute approximate surface area is 140 Å². The van der Waals surface area contributed by atoms with E-state index in [0.717, 1.165) is 31.6 Å². The van der Waals surface area contributed by atoms with Gasteiger partial charge in [-0.2, -0.15) is 0 Å². The van der Waals surface area contributed by atoms with Crippen LogP contribution in [0.5, 0.6) is 0 Å². The Bertz CT molecular complexity index is 777. The van der Waals surface area contributed by atoms with E-state index >= 15 is 0 Å². The molecule has 6 heteroatoms. The van der Waals surface area contributed by atoms with Crippen LogP contribution in [0.1, 0.15) is 30.7 Å². The van der Waals surface area contributed by atoms with Crippen molar-refractivity contribution < 1.29 is 14.3 Å². The third-order valence-electron chi connectivity index (χ3n) is 5.34. The molecule has 24 heavy (non-hydrogen) atoms. The number of carbonyl (C=O) groups excluding carboxylic acids is 2. The molecule has 1 saturated carbocycles. The van der Waals surface area contributed by atoms with E-state index in [1.165, 1.54) is 18.1 Å². The molecule has 2 unspecified atom stereocenters. The van der Waals surface area contributed by atoms with Crippen LogP contribution in [-0.2, 0) is 14.3 Å². The quantitative estimate of drug-likeness (QED) is 0.876. The number of nitrogens with zero attached hydrogens (tertiary/aromatic N) is 2. The van der Waals surface area contributed by atoms with Gasteiger partial charge in [0, 0.05) is 30.9 Å². The maximum atomic E-state index is 12.5. The van der Waals surface area contributed by atoms with Crippen molar-refractivity contribution in [3.05, 3.63) is 30.1 Å². The van der Waals surface area contributed by atoms with Crippen molar-refractivity contribution >= 4 is 22.9 Å². The number of ether oxygens (including phenoxy) is 1. The van der Waals surface area contributed by atoms with Gasteiger partial charge in [0.25, 0.3) is 0 Å². The average molecular weight is 327 g/mol. The van der Waals surface area contributed by atoms with Crippen LogP contribution in [0.2, 0.25) is 0 Å². The topological polar surface area (TPSA) is 75.3 Å². The van der Waals surface area contributed by atoms with Crippen LogP contribution in [0.4, 0.5) is 0 Å². The van der Waals surface area contributed by atoms with Crippen LogP contribution in [0, 0.1) is 11.8 Å². The number of likely N-dealkylation sites (tertiary alicyclic amines) is 1. The van der Waals surface area contributed by atoms with Crippen molar-refractivity contribution in [2.45, 2.75) is 25.2 Å². The van der Waals surface area contributed by atoms with E-state index in [1.54, 1.807) is 6.20 Å². The van der Waals surface area contributed by atoms with Crippen molar-refractivity contribution in [1.29, 1.82) is 0 Å². The molecule has 2 atom stereocenters. The molecule has 126 valence electrons. The predicted octanol–water partition coefficient (Wildman–Crippen LogP) is 2.08. The van der Waals surface area contributed by atoms with Crippen molar-refractivity contribution in [3.8, 4) is 0 Å². The summed E-state index contributed by atoms with van der Waals surface area (Å²) in [6.07, 6.45) is 6.37. The average Bonchev–Trinajstić information content (AvgIpc) is 3.32. The van der Waals surface area contributed by atoms with Gasteiger partial charge in [-0.05, 0) is 42.9 Å². The number of aromatic amines is 1. The van der Waals surface area contributed by atoms with E-state index < -0.39 is 0 Å². The first-order chi connectivity index (χ1) is 11.7. The first kappa shape index (κ1) is 15.2. The molecule has 1 aliphatic carbocycles. The number of methoxy groups -OCH3 is 1. The number of fused-ring (bicyclic) bond motifs is 1. The maximum absolute atomic E-state index is 12.5. The molecular formula is C18H21N3O3. The fraction of sp³-hybridized carbons (Fsp3) is 0.500. The number of hydrogen-bond acceptors (Lipinski definition) is 4. The molecular weight excluding hydrogens is 306 g/mol. The van der Waals surface area contributed by atoms with Gasteiger partial charge in [-0.15, -0.1) is 0 Å². The van der Waals surface area contributed by atoms with Crippen LogP contribution in [0.15, 0.2) is 24.5 Å². The number of rotatable bonds is 3. The molecule has 0 radical (unpaired) electrons. The molecule has 1 saturated heterocycles. The molecule has 6 nitrogen and oxygen atoms in total. The second-order valence-electron chi connectivity index (χ2n) is 6.71. The van der Waals surface area contributed by atoms with Crippen molar-refractivity contribution in [2.24, 2.45) is 11.8 Å². The van der Waals surface area contributed by atoms with Crippen molar-refractivity contribution in [3.63, 3.8) is 0 Å². The Morgan fingerprint density at radius 1 is 1.29 bits per heavy atom. The first-order valence-corrected chi connectivity index (χ1v) is 8.47. The lowest BCUT2D eigenvalue weighted by atomic mass is 9.89. The predicted molar refractivity (Wildman–Crippen MR) is 88.3 cm³/mol. The minimum Gasteiger partial charge on any atom is -0.469 e. The summed E-state index contributed by atoms with van der Waals surface area (Å²) in [6, 6.07) is 4.05. The summed E-state index contributed by atoms with van der Waals surface area (Å²) in [5.41, 5.74) is 2.22. The summed E-state index contributed by atoms with van der Waals surface area (Å²) in [7, 11) is 1.38. The SMILES string of the molecule is COC(=O)C1CC1C(=O)N1CCC(c2c[nH]c3ncccc23)CC1. The maximum Gasteiger partial charge on any atom is 0.309 e. The minimum absolute atomic E-state index is 0.115. The number of pyridine rings is 1. The Morgan fingerprint density at radius 3 is 2.83 bits per heavy atom. The van der Waals surface area contributed by atoms with E-state index in [0.29, 0.717) is 12.3 Å². The largest absolute Gasteiger partial charge is 0.469 e. The Hall–Kier alpha value is -2.37. The van der Waals surface area contributed by atoms with Crippen LogP contribution >= 0.6 is 0 Å². The molecule has 0 bridgehead atoms. The normalized spacial score (nSPS) is 24.1. The second-order valence-corrected chi connectivity index (χ2v) is 6.71. The van der Waals surface area contributed by atoms with E-state index in [9.17, 15) is 9.59 Å². The summed E-state index contributed by atoms with van der Waals surface area (Å²) in [5, 5.41) is 1.18. The fourth-order valence-corrected chi connectivity index (χ4v) is 3.84. The first-order valence-electron chi connectivity index (χ1n) is 8.47. The molecule has 4 rings (SSSR count). The van der Waals surface area contributed by atoms with Gasteiger partial charge >= 0.3 is 5.97 Å². The van der Waals surface area contributed by atoms with Crippen molar-refractivity contribution in [2.75, 3.05) is 20.2 Å². The molecule has 2 aromatic heterocycles. The highest BCUT2D eigenvalue weighted by Crippen LogP contribution is 2.42. The number of aromatic nitrogens is 2. The smallest absolute Gasteiger partial charge is 0.309 e. The van der Waals surface area contributed by atoms with Gasteiger partial charge in [-0.1, -0.05) is 0 Å². The Kier molecular flexibility index (Phi) is 3.75. The fourth-order valence-electron chi connectivity index (χ4n) is 3.84. The van der Waals surface area contributed by atoms with Gasteiger partial charge in [0.2, 0.25) is 5.91 Å². The Morgan fingerprint density at radius 2 is 2.08 bits per heavy atom. The Balaban J connectivity index is 1.39. The minimum atomic E-state index is -0.255. The van der Waals surface area contributed by atoms with E-state index in [-0.39, 0.29) is 23.7 Å². The van der Waals surface area contributed by atoms with Gasteiger partial charge in [0.15, 0.2) is 0 Å². The third-order valence-corrected chi connectivity index (χ3v) is 5.34. The number of H-pyrrole nitrogens is 1. The van der Waals surface area contributed by atoms with Gasteiger partial charge in [-0.25, -0.2) is 4.98 Å². The summed E-state index contributed by atoms with van der Waals surface area (Å²) >= 11 is 0. The number of esters is 1. The monoisotopic (exact) mass is 327 g/mol. The van der Waals surface area contributed by atoms with Gasteiger partial charge in [0.05, 0.1) is 18.9 Å². The lowest BCUT2D eigenvalue weighted by Crippen LogP contribution is -2.39. The van der Waals surface area contributed by atoms with Crippen LogP contribution in [-0.4, -0.2) is 46.9 Å². The third kappa shape index (κ3) is 2.56. The number of piperidine rings is 1. The molecule has 0 spiro atoms. The summed E-state index contributed by atoms with van der Waals surface area (Å²) in [6.45, 7) is 1.50. The lowest BCUT2D eigenvalue weighted by Gasteiger charge is -2.32. The van der Waals surface area contributed by atoms with Gasteiger partial charge in [0.1, 0.15) is 5.65 Å². The molecule has 2 aromatic rings. The number of nitrogens with one attached hydrogen (secondary N) is 1. The van der Waals surface area contributed by atoms with Gasteiger partial charge < -0.3 is 14.6 Å². The highest BCUT2D eigenvalue weighted by molar-refractivity contribution is 5.90. The highest BCUT2D eigenvalue weighted by atomic mass is 16.5. The summed E-state index contributed by atoms with van der Waals surface area (Å²) in [4.78, 5) is 33.5. The molecule has 2 aliphatic rings. The van der Waals surface area contributed by atoms with Crippen LogP contribution < -0.4 is 0 Å². The van der Waals surface area contributed by atoms with E-state index in [4.69, 9.17) is 4.74 Å². The van der Waals surface area contributed by atoms with Crippen molar-refractivity contribution in [1.82, 2.24) is 14.9 Å². The number of carbonyl (C=O) groups is 2. The molecule has 1 amide bonds. The van der Waals surface area contributed by atoms with E-state index in [1.807, 2.05) is 17.2 Å². The summed E-state index contributed by atoms with van der Waals surface area (Å²) in [5.74, 6) is -0.0761. The molecule has 2 fully saturated rings. The highest BCUT2D eigenvalue weighted by Gasteiger charge is 2.50. The van der Waals surface area contributed by atoms with E-state index in [2.05, 4.69) is 16.0 Å². The van der Waals surface area contributed by atoms with Gasteiger partial charge in [-0.3, -0.25) is 9.59 Å². The molecule has 0 aromatic carbocycles. The molecule has 1 aliphatic heterocycles. The lowest BCUT2D eigenvalue weighted by molar-refractivity contribution is -0.145. The van der Waals surface area contributed by atoms with Crippen LogP contribution in [0.25, 0.3) is 11.0 Å².